The minimum Gasteiger partial charge on any atom is -0.396 e. The van der Waals surface area contributed by atoms with E-state index in [0.29, 0.717) is 5.78 Å². The second-order valence-electron chi connectivity index (χ2n) is 5.82. The Labute approximate surface area is 118 Å². The second kappa shape index (κ2) is 5.01. The summed E-state index contributed by atoms with van der Waals surface area (Å²) in [5.74, 6) is 1.59. The summed E-state index contributed by atoms with van der Waals surface area (Å²) in [5.41, 5.74) is 2.31. The van der Waals surface area contributed by atoms with Crippen molar-refractivity contribution < 1.29 is 5.11 Å². The lowest BCUT2D eigenvalue weighted by Crippen LogP contribution is -2.38. The Morgan fingerprint density at radius 2 is 2.20 bits per heavy atom. The number of aromatic nitrogens is 4. The van der Waals surface area contributed by atoms with Gasteiger partial charge in [0.15, 0.2) is 0 Å². The van der Waals surface area contributed by atoms with E-state index in [1.54, 1.807) is 4.52 Å². The van der Waals surface area contributed by atoms with E-state index in [2.05, 4.69) is 20.4 Å². The number of nitrogens with zero attached hydrogens (tertiary/aromatic N) is 4. The number of nitrogens with one attached hydrogen (secondary N) is 1. The Bertz CT molecular complexity index is 617. The Morgan fingerprint density at radius 1 is 1.40 bits per heavy atom. The van der Waals surface area contributed by atoms with Crippen molar-refractivity contribution in [3.05, 3.63) is 17.6 Å². The van der Waals surface area contributed by atoms with Crippen molar-refractivity contribution in [1.29, 1.82) is 0 Å². The zero-order chi connectivity index (χ0) is 14.2. The molecule has 0 amide bonds. The normalized spacial score (nSPS) is 17.1. The van der Waals surface area contributed by atoms with E-state index in [1.165, 1.54) is 25.6 Å². The molecule has 0 atom stereocenters. The fourth-order valence-electron chi connectivity index (χ4n) is 2.94. The molecule has 0 aliphatic heterocycles. The minimum atomic E-state index is 0.241. The predicted molar refractivity (Wildman–Crippen MR) is 76.7 cm³/mol. The van der Waals surface area contributed by atoms with Gasteiger partial charge in [0.2, 0.25) is 0 Å². The van der Waals surface area contributed by atoms with Gasteiger partial charge in [0, 0.05) is 24.4 Å². The maximum Gasteiger partial charge on any atom is 0.254 e. The Morgan fingerprint density at radius 3 is 2.85 bits per heavy atom. The minimum absolute atomic E-state index is 0.241. The van der Waals surface area contributed by atoms with Gasteiger partial charge in [-0.15, -0.1) is 0 Å². The summed E-state index contributed by atoms with van der Waals surface area (Å²) in [6.45, 7) is 5.16. The number of hydrogen-bond acceptors (Lipinski definition) is 5. The molecular formula is C14H21N5O. The molecule has 2 heterocycles. The van der Waals surface area contributed by atoms with Gasteiger partial charge in [-0.25, -0.2) is 4.98 Å². The standard InChI is InChI=1S/C14H21N5O/c1-10-11(2)18-13-16-9-17-19(13)12(10)15-8-14(6-7-20)4-3-5-14/h9,15,20H,3-8H2,1-2H3. The highest BCUT2D eigenvalue weighted by Crippen LogP contribution is 2.43. The quantitative estimate of drug-likeness (QED) is 0.868. The fraction of sp³-hybridized carbons (Fsp3) is 0.643. The maximum absolute atomic E-state index is 9.24. The number of fused-ring (bicyclic) bond motifs is 1. The molecule has 0 aromatic carbocycles. The van der Waals surface area contributed by atoms with Crippen LogP contribution in [-0.2, 0) is 0 Å². The molecule has 0 radical (unpaired) electrons. The van der Waals surface area contributed by atoms with Crippen LogP contribution in [0.5, 0.6) is 0 Å². The molecule has 0 saturated heterocycles. The largest absolute Gasteiger partial charge is 0.396 e. The lowest BCUT2D eigenvalue weighted by atomic mass is 9.67. The van der Waals surface area contributed by atoms with Gasteiger partial charge in [-0.2, -0.15) is 14.6 Å². The van der Waals surface area contributed by atoms with Crippen LogP contribution in [-0.4, -0.2) is 37.8 Å². The molecule has 0 bridgehead atoms. The first kappa shape index (κ1) is 13.3. The van der Waals surface area contributed by atoms with Crippen molar-refractivity contribution in [1.82, 2.24) is 19.6 Å². The van der Waals surface area contributed by atoms with Crippen LogP contribution in [0.3, 0.4) is 0 Å². The van der Waals surface area contributed by atoms with E-state index in [1.807, 2.05) is 13.8 Å². The Balaban J connectivity index is 1.87. The van der Waals surface area contributed by atoms with Gasteiger partial charge in [0.25, 0.3) is 5.78 Å². The van der Waals surface area contributed by atoms with Gasteiger partial charge in [-0.05, 0) is 38.5 Å². The summed E-state index contributed by atoms with van der Waals surface area (Å²) in [7, 11) is 0. The molecule has 1 fully saturated rings. The molecule has 108 valence electrons. The summed E-state index contributed by atoms with van der Waals surface area (Å²) in [6.07, 6.45) is 6.02. The maximum atomic E-state index is 9.24. The first-order chi connectivity index (χ1) is 9.65. The zero-order valence-electron chi connectivity index (χ0n) is 12.1. The van der Waals surface area contributed by atoms with E-state index in [9.17, 15) is 5.11 Å². The van der Waals surface area contributed by atoms with Gasteiger partial charge < -0.3 is 10.4 Å². The van der Waals surface area contributed by atoms with Crippen molar-refractivity contribution in [2.75, 3.05) is 18.5 Å². The van der Waals surface area contributed by atoms with Gasteiger partial charge in [-0.3, -0.25) is 0 Å². The Kier molecular flexibility index (Phi) is 3.33. The monoisotopic (exact) mass is 275 g/mol. The number of anilines is 1. The molecule has 0 unspecified atom stereocenters. The van der Waals surface area contributed by atoms with Crippen molar-refractivity contribution in [3.8, 4) is 0 Å². The molecule has 20 heavy (non-hydrogen) atoms. The SMILES string of the molecule is Cc1nc2ncnn2c(NCC2(CCO)CCC2)c1C. The highest BCUT2D eigenvalue weighted by Gasteiger charge is 2.36. The fourth-order valence-corrected chi connectivity index (χ4v) is 2.94. The number of hydrogen-bond donors (Lipinski definition) is 2. The van der Waals surface area contributed by atoms with Gasteiger partial charge in [0.05, 0.1) is 0 Å². The highest BCUT2D eigenvalue weighted by molar-refractivity contribution is 5.51. The number of aliphatic hydroxyl groups is 1. The van der Waals surface area contributed by atoms with E-state index in [0.717, 1.165) is 30.0 Å². The molecule has 6 heteroatoms. The molecule has 1 aliphatic carbocycles. The van der Waals surface area contributed by atoms with E-state index in [4.69, 9.17) is 0 Å². The predicted octanol–water partition coefficient (Wildman–Crippen LogP) is 1.71. The molecule has 6 nitrogen and oxygen atoms in total. The van der Waals surface area contributed by atoms with Crippen molar-refractivity contribution >= 4 is 11.6 Å². The van der Waals surface area contributed by atoms with Gasteiger partial charge in [0.1, 0.15) is 12.1 Å². The number of rotatable bonds is 5. The molecular weight excluding hydrogens is 254 g/mol. The van der Waals surface area contributed by atoms with E-state index in [-0.39, 0.29) is 12.0 Å². The van der Waals surface area contributed by atoms with Gasteiger partial charge in [-0.1, -0.05) is 6.42 Å². The number of aliphatic hydroxyl groups excluding tert-OH is 1. The first-order valence-electron chi connectivity index (χ1n) is 7.17. The van der Waals surface area contributed by atoms with Crippen LogP contribution < -0.4 is 5.32 Å². The molecule has 2 N–H and O–H groups in total. The van der Waals surface area contributed by atoms with E-state index >= 15 is 0 Å². The molecule has 2 aromatic rings. The average Bonchev–Trinajstić information content (AvgIpc) is 2.83. The summed E-state index contributed by atoms with van der Waals surface area (Å²) < 4.78 is 1.76. The molecule has 1 aliphatic rings. The van der Waals surface area contributed by atoms with Crippen LogP contribution in [0.25, 0.3) is 5.78 Å². The summed E-state index contributed by atoms with van der Waals surface area (Å²) in [4.78, 5) is 8.58. The van der Waals surface area contributed by atoms with Crippen LogP contribution in [0.1, 0.15) is 36.9 Å². The summed E-state index contributed by atoms with van der Waals surface area (Å²) in [6, 6.07) is 0. The van der Waals surface area contributed by atoms with E-state index < -0.39 is 0 Å². The van der Waals surface area contributed by atoms with Crippen LogP contribution in [0.4, 0.5) is 5.82 Å². The van der Waals surface area contributed by atoms with Crippen LogP contribution in [0, 0.1) is 19.3 Å². The third-order valence-corrected chi connectivity index (χ3v) is 4.59. The van der Waals surface area contributed by atoms with Crippen LogP contribution >= 0.6 is 0 Å². The van der Waals surface area contributed by atoms with Crippen molar-refractivity contribution in [2.45, 2.75) is 39.5 Å². The molecule has 2 aromatic heterocycles. The summed E-state index contributed by atoms with van der Waals surface area (Å²) in [5, 5.41) is 17.0. The highest BCUT2D eigenvalue weighted by atomic mass is 16.3. The topological polar surface area (TPSA) is 75.3 Å². The average molecular weight is 275 g/mol. The molecule has 1 saturated carbocycles. The van der Waals surface area contributed by atoms with Crippen LogP contribution in [0.2, 0.25) is 0 Å². The second-order valence-corrected chi connectivity index (χ2v) is 5.82. The van der Waals surface area contributed by atoms with Crippen LogP contribution in [0.15, 0.2) is 6.33 Å². The summed E-state index contributed by atoms with van der Waals surface area (Å²) >= 11 is 0. The molecule has 0 spiro atoms. The van der Waals surface area contributed by atoms with Crippen molar-refractivity contribution in [3.63, 3.8) is 0 Å². The Hall–Kier alpha value is -1.69. The first-order valence-corrected chi connectivity index (χ1v) is 7.17. The number of aryl methyl sites for hydroxylation is 1. The smallest absolute Gasteiger partial charge is 0.254 e. The van der Waals surface area contributed by atoms with Gasteiger partial charge >= 0.3 is 0 Å². The van der Waals surface area contributed by atoms with Crippen molar-refractivity contribution in [2.24, 2.45) is 5.41 Å². The third kappa shape index (κ3) is 2.14. The zero-order valence-corrected chi connectivity index (χ0v) is 12.1. The third-order valence-electron chi connectivity index (χ3n) is 4.59. The lowest BCUT2D eigenvalue weighted by Gasteiger charge is -2.42. The lowest BCUT2D eigenvalue weighted by molar-refractivity contribution is 0.101. The molecule has 3 rings (SSSR count).